The molecule has 8 heteroatoms. The lowest BCUT2D eigenvalue weighted by Crippen LogP contribution is -2.30. The third-order valence-corrected chi connectivity index (χ3v) is 4.57. The quantitative estimate of drug-likeness (QED) is 0.173. The SMILES string of the molecule is Cc1ccc(SCCNC(=O)COC(=O)/C=C/c2cccc([N+](=O)[O-])c2)cc1. The highest BCUT2D eigenvalue weighted by molar-refractivity contribution is 7.99. The molecule has 0 aromatic heterocycles. The number of carbonyl (C=O) groups is 2. The van der Waals surface area contributed by atoms with Crippen molar-refractivity contribution < 1.29 is 19.2 Å². The number of nitro benzene ring substituents is 1. The number of nitro groups is 1. The number of nitrogens with zero attached hydrogens (tertiary/aromatic N) is 1. The second-order valence-corrected chi connectivity index (χ2v) is 6.97. The lowest BCUT2D eigenvalue weighted by Gasteiger charge is -2.05. The molecule has 0 atom stereocenters. The van der Waals surface area contributed by atoms with E-state index in [-0.39, 0.29) is 18.2 Å². The van der Waals surface area contributed by atoms with E-state index in [1.54, 1.807) is 17.8 Å². The molecule has 0 spiro atoms. The minimum Gasteiger partial charge on any atom is -0.452 e. The highest BCUT2D eigenvalue weighted by Crippen LogP contribution is 2.17. The van der Waals surface area contributed by atoms with Crippen LogP contribution < -0.4 is 5.32 Å². The molecule has 0 aliphatic carbocycles. The molecule has 1 amide bonds. The van der Waals surface area contributed by atoms with E-state index in [0.29, 0.717) is 17.9 Å². The fourth-order valence-electron chi connectivity index (χ4n) is 2.14. The van der Waals surface area contributed by atoms with Crippen LogP contribution in [0.3, 0.4) is 0 Å². The Hall–Kier alpha value is -3.13. The molecule has 0 fully saturated rings. The van der Waals surface area contributed by atoms with Gasteiger partial charge in [0.25, 0.3) is 11.6 Å². The van der Waals surface area contributed by atoms with Gasteiger partial charge in [0.15, 0.2) is 6.61 Å². The Labute approximate surface area is 166 Å². The maximum Gasteiger partial charge on any atom is 0.331 e. The van der Waals surface area contributed by atoms with Gasteiger partial charge in [-0.05, 0) is 30.7 Å². The van der Waals surface area contributed by atoms with Gasteiger partial charge in [0.1, 0.15) is 0 Å². The van der Waals surface area contributed by atoms with Crippen LogP contribution in [0.1, 0.15) is 11.1 Å². The average Bonchev–Trinajstić information content (AvgIpc) is 2.69. The average molecular weight is 400 g/mol. The summed E-state index contributed by atoms with van der Waals surface area (Å²) in [4.78, 5) is 34.7. The Morgan fingerprint density at radius 2 is 1.96 bits per heavy atom. The molecule has 0 heterocycles. The Balaban J connectivity index is 1.66. The van der Waals surface area contributed by atoms with Crippen molar-refractivity contribution in [2.24, 2.45) is 0 Å². The minimum absolute atomic E-state index is 0.0709. The summed E-state index contributed by atoms with van der Waals surface area (Å²) in [6, 6.07) is 13.9. The van der Waals surface area contributed by atoms with Crippen LogP contribution in [0.2, 0.25) is 0 Å². The van der Waals surface area contributed by atoms with Crippen LogP contribution >= 0.6 is 11.8 Å². The maximum atomic E-state index is 11.7. The molecule has 0 radical (unpaired) electrons. The standard InChI is InChI=1S/C20H20N2O5S/c1-15-5-8-18(9-6-15)28-12-11-21-19(23)14-27-20(24)10-7-16-3-2-4-17(13-16)22(25)26/h2-10,13H,11-12,14H2,1H3,(H,21,23)/b10-7+. The number of benzene rings is 2. The second-order valence-electron chi connectivity index (χ2n) is 5.80. The molecule has 2 aromatic carbocycles. The first kappa shape index (κ1) is 21.2. The molecular weight excluding hydrogens is 380 g/mol. The molecule has 0 aliphatic heterocycles. The van der Waals surface area contributed by atoms with Crippen LogP contribution in [0.25, 0.3) is 6.08 Å². The van der Waals surface area contributed by atoms with Gasteiger partial charge < -0.3 is 10.1 Å². The summed E-state index contributed by atoms with van der Waals surface area (Å²) in [5.74, 6) is -0.382. The molecule has 1 N–H and O–H groups in total. The number of rotatable bonds is 9. The van der Waals surface area contributed by atoms with Crippen molar-refractivity contribution in [2.75, 3.05) is 18.9 Å². The van der Waals surface area contributed by atoms with Crippen molar-refractivity contribution in [3.8, 4) is 0 Å². The smallest absolute Gasteiger partial charge is 0.331 e. The lowest BCUT2D eigenvalue weighted by molar-refractivity contribution is -0.384. The minimum atomic E-state index is -0.698. The summed E-state index contributed by atoms with van der Waals surface area (Å²) in [6.45, 7) is 2.10. The van der Waals surface area contributed by atoms with Gasteiger partial charge in [-0.2, -0.15) is 0 Å². The number of non-ortho nitro benzene ring substituents is 1. The number of nitrogens with one attached hydrogen (secondary N) is 1. The lowest BCUT2D eigenvalue weighted by atomic mass is 10.2. The van der Waals surface area contributed by atoms with Crippen LogP contribution in [0.15, 0.2) is 59.5 Å². The van der Waals surface area contributed by atoms with E-state index in [1.165, 1.54) is 29.8 Å². The van der Waals surface area contributed by atoms with Crippen molar-refractivity contribution in [1.82, 2.24) is 5.32 Å². The topological polar surface area (TPSA) is 98.5 Å². The summed E-state index contributed by atoms with van der Waals surface area (Å²) in [6.07, 6.45) is 2.52. The number of carbonyl (C=O) groups excluding carboxylic acids is 2. The Bertz CT molecular complexity index is 865. The van der Waals surface area contributed by atoms with Crippen LogP contribution in [0, 0.1) is 17.0 Å². The molecule has 0 saturated carbocycles. The monoisotopic (exact) mass is 400 g/mol. The number of thioether (sulfide) groups is 1. The van der Waals surface area contributed by atoms with Crippen molar-refractivity contribution in [3.05, 3.63) is 75.8 Å². The third kappa shape index (κ3) is 7.63. The molecule has 146 valence electrons. The number of esters is 1. The zero-order chi connectivity index (χ0) is 20.4. The van der Waals surface area contributed by atoms with Crippen molar-refractivity contribution >= 4 is 35.4 Å². The van der Waals surface area contributed by atoms with E-state index < -0.39 is 10.9 Å². The van der Waals surface area contributed by atoms with E-state index in [1.807, 2.05) is 31.2 Å². The first-order valence-corrected chi connectivity index (χ1v) is 9.48. The zero-order valence-electron chi connectivity index (χ0n) is 15.3. The molecule has 7 nitrogen and oxygen atoms in total. The van der Waals surface area contributed by atoms with E-state index >= 15 is 0 Å². The largest absolute Gasteiger partial charge is 0.452 e. The van der Waals surface area contributed by atoms with E-state index in [9.17, 15) is 19.7 Å². The summed E-state index contributed by atoms with van der Waals surface area (Å²) in [5, 5.41) is 13.4. The van der Waals surface area contributed by atoms with Crippen LogP contribution in [0.5, 0.6) is 0 Å². The van der Waals surface area contributed by atoms with E-state index in [4.69, 9.17) is 4.74 Å². The molecule has 2 rings (SSSR count). The van der Waals surface area contributed by atoms with Crippen LogP contribution in [-0.4, -0.2) is 35.7 Å². The Morgan fingerprint density at radius 1 is 1.21 bits per heavy atom. The first-order chi connectivity index (χ1) is 13.4. The summed E-state index contributed by atoms with van der Waals surface area (Å²) in [7, 11) is 0. The highest BCUT2D eigenvalue weighted by Gasteiger charge is 2.06. The normalized spacial score (nSPS) is 10.6. The molecule has 2 aromatic rings. The fraction of sp³-hybridized carbons (Fsp3) is 0.200. The second kappa shape index (κ2) is 10.9. The Morgan fingerprint density at radius 3 is 2.68 bits per heavy atom. The predicted octanol–water partition coefficient (Wildman–Crippen LogP) is 3.37. The van der Waals surface area contributed by atoms with E-state index in [0.717, 1.165) is 11.0 Å². The number of hydrogen-bond donors (Lipinski definition) is 1. The molecule has 0 aliphatic rings. The molecule has 0 bridgehead atoms. The van der Waals surface area contributed by atoms with Gasteiger partial charge in [-0.1, -0.05) is 29.8 Å². The fourth-order valence-corrected chi connectivity index (χ4v) is 2.90. The number of amides is 1. The third-order valence-electron chi connectivity index (χ3n) is 3.55. The maximum absolute atomic E-state index is 11.7. The zero-order valence-corrected chi connectivity index (χ0v) is 16.1. The van der Waals surface area contributed by atoms with Crippen LogP contribution in [-0.2, 0) is 14.3 Å². The summed E-state index contributed by atoms with van der Waals surface area (Å²) < 4.78 is 4.85. The molecular formula is C20H20N2O5S. The number of ether oxygens (including phenoxy) is 1. The molecule has 28 heavy (non-hydrogen) atoms. The van der Waals surface area contributed by atoms with Crippen molar-refractivity contribution in [1.29, 1.82) is 0 Å². The van der Waals surface area contributed by atoms with Gasteiger partial charge in [-0.3, -0.25) is 14.9 Å². The van der Waals surface area contributed by atoms with E-state index in [2.05, 4.69) is 5.32 Å². The number of aryl methyl sites for hydroxylation is 1. The van der Waals surface area contributed by atoms with Gasteiger partial charge >= 0.3 is 5.97 Å². The van der Waals surface area contributed by atoms with Gasteiger partial charge in [-0.25, -0.2) is 4.79 Å². The van der Waals surface area contributed by atoms with Gasteiger partial charge in [0.2, 0.25) is 0 Å². The highest BCUT2D eigenvalue weighted by atomic mass is 32.2. The van der Waals surface area contributed by atoms with Gasteiger partial charge in [0, 0.05) is 35.4 Å². The number of hydrogen-bond acceptors (Lipinski definition) is 6. The summed E-state index contributed by atoms with van der Waals surface area (Å²) >= 11 is 1.62. The van der Waals surface area contributed by atoms with Gasteiger partial charge in [-0.15, -0.1) is 11.8 Å². The molecule has 0 unspecified atom stereocenters. The summed E-state index contributed by atoms with van der Waals surface area (Å²) in [5.41, 5.74) is 1.61. The van der Waals surface area contributed by atoms with Crippen molar-refractivity contribution in [3.63, 3.8) is 0 Å². The first-order valence-electron chi connectivity index (χ1n) is 8.49. The van der Waals surface area contributed by atoms with Crippen LogP contribution in [0.4, 0.5) is 5.69 Å². The van der Waals surface area contributed by atoms with Gasteiger partial charge in [0.05, 0.1) is 4.92 Å². The van der Waals surface area contributed by atoms with Crippen molar-refractivity contribution in [2.45, 2.75) is 11.8 Å². The molecule has 0 saturated heterocycles. The predicted molar refractivity (Wildman–Crippen MR) is 108 cm³/mol. The Kier molecular flexibility index (Phi) is 8.23.